The van der Waals surface area contributed by atoms with Crippen molar-refractivity contribution in [1.29, 1.82) is 0 Å². The van der Waals surface area contributed by atoms with Gasteiger partial charge in [-0.25, -0.2) is 8.78 Å². The minimum absolute atomic E-state index is 0.00690. The fourth-order valence-corrected chi connectivity index (χ4v) is 1.70. The fraction of sp³-hybridized carbons (Fsp3) is 0.167. The largest absolute Gasteiger partial charge is 0.416 e. The summed E-state index contributed by atoms with van der Waals surface area (Å²) in [6, 6.07) is 3.44. The van der Waals surface area contributed by atoms with Crippen molar-refractivity contribution in [2.75, 3.05) is 0 Å². The van der Waals surface area contributed by atoms with Crippen LogP contribution in [0.25, 0.3) is 11.3 Å². The zero-order valence-corrected chi connectivity index (χ0v) is 10.1. The van der Waals surface area contributed by atoms with E-state index in [4.69, 9.17) is 5.73 Å². The molecular weight excluding hydrogens is 299 g/mol. The van der Waals surface area contributed by atoms with Crippen LogP contribution in [0.5, 0.6) is 0 Å². The molecule has 112 valence electrons. The number of nitrogens with two attached hydrogens (primary N) is 1. The van der Waals surface area contributed by atoms with E-state index in [2.05, 4.69) is 9.68 Å². The van der Waals surface area contributed by atoms with E-state index in [1.807, 2.05) is 0 Å². The number of hydrogen-bond donors (Lipinski definition) is 1. The van der Waals surface area contributed by atoms with Gasteiger partial charge in [0.2, 0.25) is 5.76 Å². The van der Waals surface area contributed by atoms with E-state index in [0.29, 0.717) is 0 Å². The lowest BCUT2D eigenvalue weighted by atomic mass is 10.0. The van der Waals surface area contributed by atoms with Gasteiger partial charge in [-0.2, -0.15) is 13.2 Å². The van der Waals surface area contributed by atoms with Gasteiger partial charge in [0.25, 0.3) is 12.3 Å². The number of benzene rings is 1. The van der Waals surface area contributed by atoms with Crippen molar-refractivity contribution in [2.24, 2.45) is 5.73 Å². The monoisotopic (exact) mass is 306 g/mol. The molecular formula is C12H7F5N2O2. The Labute approximate surface area is 114 Å². The molecule has 0 saturated heterocycles. The lowest BCUT2D eigenvalue weighted by Gasteiger charge is -2.06. The number of primary amides is 1. The Morgan fingerprint density at radius 2 is 1.76 bits per heavy atom. The molecule has 0 spiro atoms. The molecule has 4 nitrogen and oxygen atoms in total. The van der Waals surface area contributed by atoms with Gasteiger partial charge in [0.15, 0.2) is 0 Å². The summed E-state index contributed by atoms with van der Waals surface area (Å²) in [6.07, 6.45) is -7.66. The van der Waals surface area contributed by atoms with Crippen LogP contribution in [-0.4, -0.2) is 11.1 Å². The first-order valence-electron chi connectivity index (χ1n) is 5.47. The molecule has 1 aromatic heterocycles. The van der Waals surface area contributed by atoms with Crippen LogP contribution in [0.3, 0.4) is 0 Å². The van der Waals surface area contributed by atoms with E-state index in [1.54, 1.807) is 0 Å². The highest BCUT2D eigenvalue weighted by atomic mass is 19.4. The maximum absolute atomic E-state index is 12.6. The van der Waals surface area contributed by atoms with Crippen molar-refractivity contribution in [3.05, 3.63) is 41.2 Å². The van der Waals surface area contributed by atoms with Gasteiger partial charge >= 0.3 is 6.18 Å². The number of carbonyl (C=O) groups excluding carboxylic acids is 1. The van der Waals surface area contributed by atoms with Gasteiger partial charge < -0.3 is 10.3 Å². The van der Waals surface area contributed by atoms with Gasteiger partial charge in [0.05, 0.1) is 5.56 Å². The molecule has 0 radical (unpaired) electrons. The molecule has 0 aliphatic carbocycles. The highest BCUT2D eigenvalue weighted by Gasteiger charge is 2.31. The molecule has 0 saturated carbocycles. The second-order valence-electron chi connectivity index (χ2n) is 4.01. The Bertz CT molecular complexity index is 661. The van der Waals surface area contributed by atoms with Gasteiger partial charge in [0.1, 0.15) is 11.3 Å². The van der Waals surface area contributed by atoms with Crippen molar-refractivity contribution < 1.29 is 31.3 Å². The maximum Gasteiger partial charge on any atom is 0.416 e. The van der Waals surface area contributed by atoms with Gasteiger partial charge in [-0.15, -0.1) is 0 Å². The van der Waals surface area contributed by atoms with Crippen LogP contribution in [0.2, 0.25) is 0 Å². The second kappa shape index (κ2) is 5.15. The van der Waals surface area contributed by atoms with Gasteiger partial charge in [-0.1, -0.05) is 17.3 Å². The van der Waals surface area contributed by atoms with E-state index in [9.17, 15) is 26.7 Å². The van der Waals surface area contributed by atoms with Crippen molar-refractivity contribution in [3.63, 3.8) is 0 Å². The molecule has 2 N–H and O–H groups in total. The summed E-state index contributed by atoms with van der Waals surface area (Å²) in [5.41, 5.74) is 3.09. The summed E-state index contributed by atoms with van der Waals surface area (Å²) >= 11 is 0. The van der Waals surface area contributed by atoms with Crippen LogP contribution in [0.1, 0.15) is 28.1 Å². The van der Waals surface area contributed by atoms with Gasteiger partial charge in [0, 0.05) is 5.56 Å². The highest BCUT2D eigenvalue weighted by Crippen LogP contribution is 2.34. The smallest absolute Gasteiger partial charge is 0.365 e. The maximum atomic E-state index is 12.6. The average molecular weight is 306 g/mol. The quantitative estimate of drug-likeness (QED) is 0.884. The third kappa shape index (κ3) is 2.86. The third-order valence-electron chi connectivity index (χ3n) is 2.65. The SMILES string of the molecule is NC(=O)c1c(-c2ccc(C(F)(F)F)cc2)noc1C(F)F. The molecule has 1 aromatic carbocycles. The second-order valence-corrected chi connectivity index (χ2v) is 4.01. The number of halogens is 5. The highest BCUT2D eigenvalue weighted by molar-refractivity contribution is 5.99. The van der Waals surface area contributed by atoms with Crippen molar-refractivity contribution in [1.82, 2.24) is 5.16 Å². The Morgan fingerprint density at radius 3 is 2.19 bits per heavy atom. The van der Waals surface area contributed by atoms with Crippen LogP contribution in [0, 0.1) is 0 Å². The molecule has 2 rings (SSSR count). The minimum Gasteiger partial charge on any atom is -0.365 e. The van der Waals surface area contributed by atoms with Gasteiger partial charge in [-0.3, -0.25) is 4.79 Å². The summed E-state index contributed by atoms with van der Waals surface area (Å²) in [6.45, 7) is 0. The molecule has 0 unspecified atom stereocenters. The zero-order valence-electron chi connectivity index (χ0n) is 10.1. The summed E-state index contributed by atoms with van der Waals surface area (Å²) in [5.74, 6) is -2.22. The van der Waals surface area contributed by atoms with E-state index in [-0.39, 0.29) is 11.3 Å². The molecule has 0 atom stereocenters. The zero-order chi connectivity index (χ0) is 15.8. The van der Waals surface area contributed by atoms with Crippen molar-refractivity contribution >= 4 is 5.91 Å². The molecule has 0 aliphatic heterocycles. The molecule has 9 heteroatoms. The Balaban J connectivity index is 2.50. The molecule has 0 bridgehead atoms. The van der Waals surface area contributed by atoms with Crippen LogP contribution in [0.15, 0.2) is 28.8 Å². The van der Waals surface area contributed by atoms with E-state index < -0.39 is 35.4 Å². The first kappa shape index (κ1) is 14.9. The number of aromatic nitrogens is 1. The first-order chi connectivity index (χ1) is 9.71. The number of alkyl halides is 5. The number of carbonyl (C=O) groups is 1. The summed E-state index contributed by atoms with van der Waals surface area (Å²) in [7, 11) is 0. The molecule has 2 aromatic rings. The molecule has 0 fully saturated rings. The topological polar surface area (TPSA) is 69.1 Å². The number of rotatable bonds is 3. The van der Waals surface area contributed by atoms with Gasteiger partial charge in [-0.05, 0) is 12.1 Å². The lowest BCUT2D eigenvalue weighted by molar-refractivity contribution is -0.137. The summed E-state index contributed by atoms with van der Waals surface area (Å²) in [5, 5.41) is 3.28. The van der Waals surface area contributed by atoms with Crippen LogP contribution in [-0.2, 0) is 6.18 Å². The number of nitrogens with zero attached hydrogens (tertiary/aromatic N) is 1. The van der Waals surface area contributed by atoms with Crippen molar-refractivity contribution in [3.8, 4) is 11.3 Å². The number of hydrogen-bond acceptors (Lipinski definition) is 3. The standard InChI is InChI=1S/C12H7F5N2O2/c13-10(14)9-7(11(18)20)8(19-21-9)5-1-3-6(4-2-5)12(15,16)17/h1-4,10H,(H2,18,20). The average Bonchev–Trinajstić information content (AvgIpc) is 2.82. The Kier molecular flexibility index (Phi) is 3.67. The molecule has 1 heterocycles. The van der Waals surface area contributed by atoms with Crippen LogP contribution >= 0.6 is 0 Å². The first-order valence-corrected chi connectivity index (χ1v) is 5.47. The van der Waals surface area contributed by atoms with E-state index >= 15 is 0 Å². The predicted octanol–water partition coefficient (Wildman–Crippen LogP) is 3.40. The molecule has 0 aliphatic rings. The number of amides is 1. The Morgan fingerprint density at radius 1 is 1.19 bits per heavy atom. The van der Waals surface area contributed by atoms with Crippen LogP contribution < -0.4 is 5.73 Å². The normalized spacial score (nSPS) is 11.9. The van der Waals surface area contributed by atoms with E-state index in [0.717, 1.165) is 24.3 Å². The predicted molar refractivity (Wildman–Crippen MR) is 60.4 cm³/mol. The molecule has 1 amide bonds. The summed E-state index contributed by atoms with van der Waals surface area (Å²) < 4.78 is 66.9. The van der Waals surface area contributed by atoms with Crippen LogP contribution in [0.4, 0.5) is 22.0 Å². The summed E-state index contributed by atoms with van der Waals surface area (Å²) in [4.78, 5) is 11.2. The third-order valence-corrected chi connectivity index (χ3v) is 2.65. The molecule has 21 heavy (non-hydrogen) atoms. The lowest BCUT2D eigenvalue weighted by Crippen LogP contribution is -2.13. The van der Waals surface area contributed by atoms with E-state index in [1.165, 1.54) is 0 Å². The fourth-order valence-electron chi connectivity index (χ4n) is 1.70. The van der Waals surface area contributed by atoms with Crippen molar-refractivity contribution in [2.45, 2.75) is 12.6 Å². The minimum atomic E-state index is -4.54. The Hall–Kier alpha value is -2.45.